The number of ether oxygens (including phenoxy) is 2. The molecule has 1 atom stereocenters. The Morgan fingerprint density at radius 2 is 2.24 bits per heavy atom. The van der Waals surface area contributed by atoms with Crippen LogP contribution in [0.25, 0.3) is 0 Å². The van der Waals surface area contributed by atoms with Gasteiger partial charge in [0, 0.05) is 0 Å². The normalized spacial score (nSPS) is 22.6. The lowest BCUT2D eigenvalue weighted by atomic mass is 10.1. The molecule has 0 aliphatic carbocycles. The van der Waals surface area contributed by atoms with Crippen LogP contribution in [0, 0.1) is 0 Å². The first-order chi connectivity index (χ1) is 8.09. The van der Waals surface area contributed by atoms with E-state index in [0.29, 0.717) is 6.61 Å². The molecule has 17 heavy (non-hydrogen) atoms. The molecule has 2 rings (SSSR count). The van der Waals surface area contributed by atoms with Gasteiger partial charge < -0.3 is 9.47 Å². The van der Waals surface area contributed by atoms with E-state index < -0.39 is 0 Å². The quantitative estimate of drug-likeness (QED) is 0.792. The molecule has 1 aromatic rings. The van der Waals surface area contributed by atoms with Crippen LogP contribution < -0.4 is 4.74 Å². The number of aryl methyl sites for hydroxylation is 1. The first kappa shape index (κ1) is 12.4. The lowest BCUT2D eigenvalue weighted by molar-refractivity contribution is -0.0326. The molecular weight excluding hydrogens is 212 g/mol. The number of rotatable bonds is 4. The van der Waals surface area contributed by atoms with Crippen molar-refractivity contribution in [2.75, 3.05) is 6.61 Å². The average molecular weight is 234 g/mol. The largest absolute Gasteiger partial charge is 0.491 e. The van der Waals surface area contributed by atoms with Crippen LogP contribution in [0.2, 0.25) is 0 Å². The van der Waals surface area contributed by atoms with E-state index in [4.69, 9.17) is 9.47 Å². The Hall–Kier alpha value is -1.02. The van der Waals surface area contributed by atoms with Crippen LogP contribution in [0.4, 0.5) is 0 Å². The van der Waals surface area contributed by atoms with Gasteiger partial charge in [-0.15, -0.1) is 0 Å². The molecule has 1 fully saturated rings. The van der Waals surface area contributed by atoms with Gasteiger partial charge in [0.25, 0.3) is 0 Å². The highest BCUT2D eigenvalue weighted by Gasteiger charge is 2.31. The molecule has 1 unspecified atom stereocenters. The highest BCUT2D eigenvalue weighted by Crippen LogP contribution is 2.29. The van der Waals surface area contributed by atoms with Gasteiger partial charge in [0.15, 0.2) is 0 Å². The van der Waals surface area contributed by atoms with Gasteiger partial charge in [0.05, 0.1) is 11.7 Å². The van der Waals surface area contributed by atoms with E-state index in [1.807, 2.05) is 12.1 Å². The third-order valence-corrected chi connectivity index (χ3v) is 3.30. The Kier molecular flexibility index (Phi) is 3.72. The van der Waals surface area contributed by atoms with Crippen molar-refractivity contribution in [1.29, 1.82) is 0 Å². The van der Waals surface area contributed by atoms with E-state index in [0.717, 1.165) is 25.0 Å². The average Bonchev–Trinajstić information content (AvgIpc) is 2.67. The molecule has 0 aromatic heterocycles. The minimum absolute atomic E-state index is 0.0271. The lowest BCUT2D eigenvalue weighted by Gasteiger charge is -2.19. The van der Waals surface area contributed by atoms with E-state index in [9.17, 15) is 0 Å². The Bertz CT molecular complexity index is 371. The number of hydrogen-bond acceptors (Lipinski definition) is 2. The Morgan fingerprint density at radius 3 is 2.88 bits per heavy atom. The molecule has 1 aromatic carbocycles. The van der Waals surface area contributed by atoms with E-state index in [1.54, 1.807) is 0 Å². The Morgan fingerprint density at radius 1 is 1.41 bits per heavy atom. The molecule has 1 aliphatic heterocycles. The number of benzene rings is 1. The maximum Gasteiger partial charge on any atom is 0.119 e. The zero-order valence-corrected chi connectivity index (χ0v) is 11.0. The molecule has 94 valence electrons. The maximum atomic E-state index is 5.90. The van der Waals surface area contributed by atoms with E-state index in [1.165, 1.54) is 5.56 Å². The smallest absolute Gasteiger partial charge is 0.119 e. The zero-order chi connectivity index (χ0) is 12.3. The summed E-state index contributed by atoms with van der Waals surface area (Å²) in [7, 11) is 0. The van der Waals surface area contributed by atoms with Crippen LogP contribution in [0.15, 0.2) is 24.3 Å². The van der Waals surface area contributed by atoms with Crippen LogP contribution in [0.3, 0.4) is 0 Å². The fourth-order valence-electron chi connectivity index (χ4n) is 2.24. The van der Waals surface area contributed by atoms with Gasteiger partial charge in [-0.2, -0.15) is 0 Å². The van der Waals surface area contributed by atoms with Crippen molar-refractivity contribution in [3.8, 4) is 5.75 Å². The second-order valence-corrected chi connectivity index (χ2v) is 5.35. The molecular formula is C15H22O2. The highest BCUT2D eigenvalue weighted by molar-refractivity contribution is 5.28. The van der Waals surface area contributed by atoms with Gasteiger partial charge in [0.2, 0.25) is 0 Å². The van der Waals surface area contributed by atoms with E-state index in [2.05, 4.69) is 32.9 Å². The summed E-state index contributed by atoms with van der Waals surface area (Å²) in [6.07, 6.45) is 3.51. The van der Waals surface area contributed by atoms with Crippen molar-refractivity contribution in [3.05, 3.63) is 29.8 Å². The van der Waals surface area contributed by atoms with Crippen molar-refractivity contribution in [3.63, 3.8) is 0 Å². The lowest BCUT2D eigenvalue weighted by Crippen LogP contribution is -2.23. The molecule has 1 aliphatic rings. The summed E-state index contributed by atoms with van der Waals surface area (Å²) in [5, 5.41) is 0. The molecule has 2 heteroatoms. The van der Waals surface area contributed by atoms with Gasteiger partial charge >= 0.3 is 0 Å². The molecule has 0 bridgehead atoms. The Labute approximate surface area is 104 Å². The Balaban J connectivity index is 1.86. The van der Waals surface area contributed by atoms with E-state index >= 15 is 0 Å². The monoisotopic (exact) mass is 234 g/mol. The molecule has 0 radical (unpaired) electrons. The minimum atomic E-state index is 0.0271. The summed E-state index contributed by atoms with van der Waals surface area (Å²) in [6, 6.07) is 8.30. The maximum absolute atomic E-state index is 5.90. The fraction of sp³-hybridized carbons (Fsp3) is 0.600. The molecule has 1 heterocycles. The standard InChI is InChI=1S/C15H22O2/c1-4-12-6-5-7-13(10-12)16-11-14-8-9-15(2,3)17-14/h5-7,10,14H,4,8-9,11H2,1-3H3. The van der Waals surface area contributed by atoms with Gasteiger partial charge in [-0.1, -0.05) is 19.1 Å². The van der Waals surface area contributed by atoms with Crippen molar-refractivity contribution in [2.24, 2.45) is 0 Å². The second-order valence-electron chi connectivity index (χ2n) is 5.35. The van der Waals surface area contributed by atoms with Crippen molar-refractivity contribution in [1.82, 2.24) is 0 Å². The SMILES string of the molecule is CCc1cccc(OCC2CCC(C)(C)O2)c1. The van der Waals surface area contributed by atoms with Crippen molar-refractivity contribution in [2.45, 2.75) is 51.7 Å². The molecule has 0 saturated carbocycles. The van der Waals surface area contributed by atoms with Gasteiger partial charge in [-0.05, 0) is 50.8 Å². The minimum Gasteiger partial charge on any atom is -0.491 e. The van der Waals surface area contributed by atoms with Crippen LogP contribution in [0.5, 0.6) is 5.75 Å². The zero-order valence-electron chi connectivity index (χ0n) is 11.0. The third kappa shape index (κ3) is 3.47. The summed E-state index contributed by atoms with van der Waals surface area (Å²) in [5.41, 5.74) is 1.34. The van der Waals surface area contributed by atoms with Crippen LogP contribution >= 0.6 is 0 Å². The van der Waals surface area contributed by atoms with Crippen molar-refractivity contribution >= 4 is 0 Å². The predicted molar refractivity (Wildman–Crippen MR) is 69.5 cm³/mol. The van der Waals surface area contributed by atoms with Crippen LogP contribution in [-0.4, -0.2) is 18.3 Å². The topological polar surface area (TPSA) is 18.5 Å². The summed E-state index contributed by atoms with van der Waals surface area (Å²) >= 11 is 0. The van der Waals surface area contributed by atoms with Crippen LogP contribution in [0.1, 0.15) is 39.2 Å². The van der Waals surface area contributed by atoms with Crippen LogP contribution in [-0.2, 0) is 11.2 Å². The molecule has 0 spiro atoms. The second kappa shape index (κ2) is 5.09. The first-order valence-corrected chi connectivity index (χ1v) is 6.48. The molecule has 2 nitrogen and oxygen atoms in total. The molecule has 0 amide bonds. The van der Waals surface area contributed by atoms with Gasteiger partial charge in [-0.3, -0.25) is 0 Å². The van der Waals surface area contributed by atoms with Crippen molar-refractivity contribution < 1.29 is 9.47 Å². The summed E-state index contributed by atoms with van der Waals surface area (Å²) in [5.74, 6) is 0.956. The summed E-state index contributed by atoms with van der Waals surface area (Å²) < 4.78 is 11.7. The highest BCUT2D eigenvalue weighted by atomic mass is 16.6. The fourth-order valence-corrected chi connectivity index (χ4v) is 2.24. The first-order valence-electron chi connectivity index (χ1n) is 6.48. The van der Waals surface area contributed by atoms with Gasteiger partial charge in [0.1, 0.15) is 12.4 Å². The summed E-state index contributed by atoms with van der Waals surface area (Å²) in [6.45, 7) is 7.10. The van der Waals surface area contributed by atoms with E-state index in [-0.39, 0.29) is 11.7 Å². The predicted octanol–water partition coefficient (Wildman–Crippen LogP) is 3.59. The third-order valence-electron chi connectivity index (χ3n) is 3.30. The summed E-state index contributed by atoms with van der Waals surface area (Å²) in [4.78, 5) is 0. The molecule has 1 saturated heterocycles. The molecule has 0 N–H and O–H groups in total. The van der Waals surface area contributed by atoms with Gasteiger partial charge in [-0.25, -0.2) is 0 Å². The number of hydrogen-bond donors (Lipinski definition) is 0.